The number of nitrogens with one attached hydrogen (secondary N) is 1. The number of thioether (sulfide) groups is 1. The van der Waals surface area contributed by atoms with Crippen LogP contribution in [-0.4, -0.2) is 52.8 Å². The maximum Gasteiger partial charge on any atom is 0.324 e. The Morgan fingerprint density at radius 3 is 2.62 bits per heavy atom. The molecule has 126 valence electrons. The maximum atomic E-state index is 12.4. The van der Waals surface area contributed by atoms with Crippen molar-refractivity contribution in [1.29, 1.82) is 0 Å². The van der Waals surface area contributed by atoms with Crippen molar-refractivity contribution in [1.82, 2.24) is 10.2 Å². The summed E-state index contributed by atoms with van der Waals surface area (Å²) in [5.41, 5.74) is 1.83. The van der Waals surface area contributed by atoms with Crippen molar-refractivity contribution >= 4 is 40.5 Å². The third kappa shape index (κ3) is 3.14. The summed E-state index contributed by atoms with van der Waals surface area (Å²) >= 11 is 1.20. The minimum Gasteiger partial charge on any atom is -0.336 e. The van der Waals surface area contributed by atoms with Crippen molar-refractivity contribution in [3.8, 4) is 0 Å². The predicted octanol–water partition coefficient (Wildman–Crippen LogP) is 1.37. The average Bonchev–Trinajstić information content (AvgIpc) is 3.14. The van der Waals surface area contributed by atoms with Crippen molar-refractivity contribution in [3.05, 3.63) is 29.8 Å². The molecule has 0 radical (unpaired) electrons. The minimum atomic E-state index is -0.508. The topological polar surface area (TPSA) is 82.1 Å². The van der Waals surface area contributed by atoms with E-state index in [-0.39, 0.29) is 24.4 Å². The molecule has 3 rings (SSSR count). The standard InChI is InChI=1S/C16H18N4O3S/c1-10-3-5-12(6-4-10)20-13(21)9-18-16(20)24-11(2)14(22)19-8-7-17-15(19)23/h3-6,11H,7-9H2,1-2H3,(H,17,23)/t11-/m0/s1. The fourth-order valence-corrected chi connectivity index (χ4v) is 3.53. The molecule has 4 amide bonds. The molecule has 24 heavy (non-hydrogen) atoms. The molecule has 1 aromatic carbocycles. The van der Waals surface area contributed by atoms with Gasteiger partial charge in [0.05, 0.1) is 10.9 Å². The molecule has 2 aliphatic rings. The number of aliphatic imine (C=N–C) groups is 1. The van der Waals surface area contributed by atoms with Crippen LogP contribution in [0.2, 0.25) is 0 Å². The van der Waals surface area contributed by atoms with Crippen LogP contribution in [0.3, 0.4) is 0 Å². The van der Waals surface area contributed by atoms with Gasteiger partial charge >= 0.3 is 6.03 Å². The smallest absolute Gasteiger partial charge is 0.324 e. The number of urea groups is 1. The van der Waals surface area contributed by atoms with Crippen LogP contribution >= 0.6 is 11.8 Å². The van der Waals surface area contributed by atoms with Crippen LogP contribution in [0.15, 0.2) is 29.3 Å². The lowest BCUT2D eigenvalue weighted by molar-refractivity contribution is -0.126. The molecule has 1 saturated heterocycles. The molecule has 1 aromatic rings. The Kier molecular flexibility index (Phi) is 4.57. The van der Waals surface area contributed by atoms with Crippen LogP contribution in [0.1, 0.15) is 12.5 Å². The maximum absolute atomic E-state index is 12.4. The molecule has 0 spiro atoms. The second-order valence-corrected chi connectivity index (χ2v) is 6.95. The van der Waals surface area contributed by atoms with Crippen LogP contribution in [0, 0.1) is 6.92 Å². The van der Waals surface area contributed by atoms with Crippen molar-refractivity contribution in [2.75, 3.05) is 24.5 Å². The first-order chi connectivity index (χ1) is 11.5. The van der Waals surface area contributed by atoms with Gasteiger partial charge in [-0.05, 0) is 26.0 Å². The van der Waals surface area contributed by atoms with Gasteiger partial charge in [-0.25, -0.2) is 4.79 Å². The van der Waals surface area contributed by atoms with E-state index in [2.05, 4.69) is 10.3 Å². The number of carbonyl (C=O) groups is 3. The highest BCUT2D eigenvalue weighted by Gasteiger charge is 2.34. The number of rotatable bonds is 3. The highest BCUT2D eigenvalue weighted by atomic mass is 32.2. The minimum absolute atomic E-state index is 0.0708. The molecule has 1 fully saturated rings. The highest BCUT2D eigenvalue weighted by Crippen LogP contribution is 2.27. The largest absolute Gasteiger partial charge is 0.336 e. The number of imide groups is 1. The molecule has 8 heteroatoms. The van der Waals surface area contributed by atoms with Gasteiger partial charge in [0.25, 0.3) is 5.91 Å². The van der Waals surface area contributed by atoms with E-state index in [1.807, 2.05) is 31.2 Å². The first-order valence-electron chi connectivity index (χ1n) is 7.67. The zero-order chi connectivity index (χ0) is 17.3. The fourth-order valence-electron chi connectivity index (χ4n) is 2.53. The third-order valence-electron chi connectivity index (χ3n) is 3.84. The van der Waals surface area contributed by atoms with Gasteiger partial charge in [-0.15, -0.1) is 0 Å². The van der Waals surface area contributed by atoms with E-state index in [1.165, 1.54) is 21.6 Å². The SMILES string of the molecule is Cc1ccc(N2C(=O)CN=C2S[C@@H](C)C(=O)N2CCNC2=O)cc1. The number of hydrogen-bond acceptors (Lipinski definition) is 5. The fraction of sp³-hybridized carbons (Fsp3) is 0.375. The van der Waals surface area contributed by atoms with Crippen LogP contribution in [-0.2, 0) is 9.59 Å². The van der Waals surface area contributed by atoms with Gasteiger partial charge in [0.1, 0.15) is 6.54 Å². The van der Waals surface area contributed by atoms with Gasteiger partial charge in [0.2, 0.25) is 5.91 Å². The van der Waals surface area contributed by atoms with E-state index in [0.717, 1.165) is 11.3 Å². The van der Waals surface area contributed by atoms with Crippen molar-refractivity contribution in [2.24, 2.45) is 4.99 Å². The summed E-state index contributed by atoms with van der Waals surface area (Å²) in [5.74, 6) is -0.402. The Hall–Kier alpha value is -2.35. The number of benzene rings is 1. The van der Waals surface area contributed by atoms with Gasteiger partial charge in [-0.2, -0.15) is 0 Å². The Morgan fingerprint density at radius 2 is 2.00 bits per heavy atom. The summed E-state index contributed by atoms with van der Waals surface area (Å²) in [4.78, 5) is 43.2. The zero-order valence-corrected chi connectivity index (χ0v) is 14.3. The summed E-state index contributed by atoms with van der Waals surface area (Å²) in [6.07, 6.45) is 0. The van der Waals surface area contributed by atoms with E-state index >= 15 is 0 Å². The normalized spacial score (nSPS) is 18.7. The quantitative estimate of drug-likeness (QED) is 0.896. The number of amides is 4. The van der Waals surface area contributed by atoms with Gasteiger partial charge in [0, 0.05) is 13.1 Å². The highest BCUT2D eigenvalue weighted by molar-refractivity contribution is 8.15. The monoisotopic (exact) mass is 346 g/mol. The molecule has 2 aliphatic heterocycles. The summed E-state index contributed by atoms with van der Waals surface area (Å²) in [7, 11) is 0. The zero-order valence-electron chi connectivity index (χ0n) is 13.5. The predicted molar refractivity (Wildman–Crippen MR) is 93.1 cm³/mol. The molecule has 0 unspecified atom stereocenters. The van der Waals surface area contributed by atoms with E-state index in [0.29, 0.717) is 18.3 Å². The van der Waals surface area contributed by atoms with E-state index in [9.17, 15) is 14.4 Å². The number of anilines is 1. The number of aryl methyl sites for hydroxylation is 1. The number of nitrogens with zero attached hydrogens (tertiary/aromatic N) is 3. The lowest BCUT2D eigenvalue weighted by atomic mass is 10.2. The Bertz CT molecular complexity index is 717. The molecule has 0 bridgehead atoms. The van der Waals surface area contributed by atoms with Crippen LogP contribution in [0.25, 0.3) is 0 Å². The number of hydrogen-bond donors (Lipinski definition) is 1. The first kappa shape index (κ1) is 16.5. The summed E-state index contributed by atoms with van der Waals surface area (Å²) in [5, 5.41) is 2.59. The third-order valence-corrected chi connectivity index (χ3v) is 4.91. The van der Waals surface area contributed by atoms with Crippen LogP contribution < -0.4 is 10.2 Å². The Morgan fingerprint density at radius 1 is 1.29 bits per heavy atom. The first-order valence-corrected chi connectivity index (χ1v) is 8.55. The summed E-state index contributed by atoms with van der Waals surface area (Å²) in [6, 6.07) is 7.19. The lowest BCUT2D eigenvalue weighted by Gasteiger charge is -2.22. The van der Waals surface area contributed by atoms with Gasteiger partial charge in [-0.3, -0.25) is 24.4 Å². The van der Waals surface area contributed by atoms with E-state index in [1.54, 1.807) is 6.92 Å². The molecule has 0 aliphatic carbocycles. The van der Waals surface area contributed by atoms with Crippen LogP contribution in [0.5, 0.6) is 0 Å². The average molecular weight is 346 g/mol. The molecule has 7 nitrogen and oxygen atoms in total. The van der Waals surface area contributed by atoms with E-state index in [4.69, 9.17) is 0 Å². The van der Waals surface area contributed by atoms with Crippen LogP contribution in [0.4, 0.5) is 10.5 Å². The summed E-state index contributed by atoms with van der Waals surface area (Å²) in [6.45, 7) is 4.60. The van der Waals surface area contributed by atoms with Crippen molar-refractivity contribution in [2.45, 2.75) is 19.1 Å². The summed E-state index contributed by atoms with van der Waals surface area (Å²) < 4.78 is 0. The molecule has 2 heterocycles. The number of carbonyl (C=O) groups excluding carboxylic acids is 3. The molecule has 1 N–H and O–H groups in total. The molecule has 0 saturated carbocycles. The molecule has 1 atom stereocenters. The molecule has 0 aromatic heterocycles. The second-order valence-electron chi connectivity index (χ2n) is 5.65. The Labute approximate surface area is 144 Å². The van der Waals surface area contributed by atoms with Crippen molar-refractivity contribution < 1.29 is 14.4 Å². The van der Waals surface area contributed by atoms with Gasteiger partial charge < -0.3 is 5.32 Å². The lowest BCUT2D eigenvalue weighted by Crippen LogP contribution is -2.40. The molecular weight excluding hydrogens is 328 g/mol. The molecular formula is C16H18N4O3S. The van der Waals surface area contributed by atoms with Gasteiger partial charge in [0.15, 0.2) is 5.17 Å². The second kappa shape index (κ2) is 6.64. The van der Waals surface area contributed by atoms with Crippen molar-refractivity contribution in [3.63, 3.8) is 0 Å². The Balaban J connectivity index is 1.73. The van der Waals surface area contributed by atoms with E-state index < -0.39 is 5.25 Å². The number of amidine groups is 1. The van der Waals surface area contributed by atoms with Gasteiger partial charge in [-0.1, -0.05) is 29.5 Å².